The molecule has 30 heavy (non-hydrogen) atoms. The van der Waals surface area contributed by atoms with Crippen LogP contribution in [0.3, 0.4) is 0 Å². The largest absolute Gasteiger partial charge is 0.349 e. The van der Waals surface area contributed by atoms with Crippen LogP contribution in [0.4, 0.5) is 4.39 Å². The Labute approximate surface area is 178 Å². The first-order valence-electron chi connectivity index (χ1n) is 9.81. The Hall–Kier alpha value is -3.06. The van der Waals surface area contributed by atoms with Gasteiger partial charge in [0.1, 0.15) is 5.82 Å². The number of nitrogens with one attached hydrogen (secondary N) is 2. The second kappa shape index (κ2) is 8.36. The van der Waals surface area contributed by atoms with Crippen molar-refractivity contribution >= 4 is 23.2 Å². The Balaban J connectivity index is 1.51. The summed E-state index contributed by atoms with van der Waals surface area (Å²) in [6.45, 7) is 4.13. The SMILES string of the molecule is Cc1ccsc1CNC(=O)c1ccc(-c2cc(C(=O)NC3CC3)cc(F)c2C)nc1. The molecule has 2 aromatic heterocycles. The highest BCUT2D eigenvalue weighted by atomic mass is 32.1. The van der Waals surface area contributed by atoms with Gasteiger partial charge in [-0.2, -0.15) is 0 Å². The van der Waals surface area contributed by atoms with Gasteiger partial charge in [-0.1, -0.05) is 0 Å². The van der Waals surface area contributed by atoms with Crippen LogP contribution in [0.25, 0.3) is 11.3 Å². The summed E-state index contributed by atoms with van der Waals surface area (Å²) in [4.78, 5) is 30.2. The number of pyridine rings is 1. The number of thiophene rings is 1. The van der Waals surface area contributed by atoms with E-state index in [1.165, 1.54) is 12.3 Å². The average Bonchev–Trinajstić information content (AvgIpc) is 3.46. The fourth-order valence-electron chi connectivity index (χ4n) is 3.11. The van der Waals surface area contributed by atoms with Crippen molar-refractivity contribution < 1.29 is 14.0 Å². The smallest absolute Gasteiger partial charge is 0.253 e. The highest BCUT2D eigenvalue weighted by molar-refractivity contribution is 7.10. The third-order valence-electron chi connectivity index (χ3n) is 5.20. The zero-order valence-electron chi connectivity index (χ0n) is 16.8. The summed E-state index contributed by atoms with van der Waals surface area (Å²) < 4.78 is 14.4. The number of nitrogens with zero attached hydrogens (tertiary/aromatic N) is 1. The van der Waals surface area contributed by atoms with Crippen molar-refractivity contribution in [3.05, 3.63) is 74.9 Å². The molecule has 0 radical (unpaired) electrons. The molecule has 7 heteroatoms. The fraction of sp³-hybridized carbons (Fsp3) is 0.261. The van der Waals surface area contributed by atoms with E-state index in [-0.39, 0.29) is 23.4 Å². The topological polar surface area (TPSA) is 71.1 Å². The van der Waals surface area contributed by atoms with Gasteiger partial charge >= 0.3 is 0 Å². The molecule has 1 aliphatic rings. The lowest BCUT2D eigenvalue weighted by molar-refractivity contribution is 0.0942. The molecule has 1 fully saturated rings. The normalized spacial score (nSPS) is 13.2. The van der Waals surface area contributed by atoms with Crippen LogP contribution in [0.15, 0.2) is 41.9 Å². The first-order valence-corrected chi connectivity index (χ1v) is 10.7. The number of carbonyl (C=O) groups excluding carboxylic acids is 2. The van der Waals surface area contributed by atoms with Gasteiger partial charge in [0.25, 0.3) is 11.8 Å². The number of halogens is 1. The summed E-state index contributed by atoms with van der Waals surface area (Å²) >= 11 is 1.60. The van der Waals surface area contributed by atoms with E-state index in [1.807, 2.05) is 18.4 Å². The third-order valence-corrected chi connectivity index (χ3v) is 6.22. The van der Waals surface area contributed by atoms with Crippen LogP contribution >= 0.6 is 11.3 Å². The third kappa shape index (κ3) is 4.41. The monoisotopic (exact) mass is 423 g/mol. The van der Waals surface area contributed by atoms with Crippen molar-refractivity contribution in [1.29, 1.82) is 0 Å². The number of aromatic nitrogens is 1. The molecule has 0 unspecified atom stereocenters. The Morgan fingerprint density at radius 3 is 2.57 bits per heavy atom. The Kier molecular flexibility index (Phi) is 5.63. The molecule has 2 heterocycles. The van der Waals surface area contributed by atoms with E-state index in [4.69, 9.17) is 0 Å². The van der Waals surface area contributed by atoms with Crippen molar-refractivity contribution in [2.75, 3.05) is 0 Å². The van der Waals surface area contributed by atoms with E-state index >= 15 is 0 Å². The number of amides is 2. The van der Waals surface area contributed by atoms with E-state index in [0.717, 1.165) is 23.3 Å². The first-order chi connectivity index (χ1) is 14.4. The number of hydrogen-bond donors (Lipinski definition) is 2. The van der Waals surface area contributed by atoms with Crippen molar-refractivity contribution in [2.45, 2.75) is 39.3 Å². The predicted octanol–water partition coefficient (Wildman–Crippen LogP) is 4.39. The lowest BCUT2D eigenvalue weighted by Crippen LogP contribution is -2.25. The fourth-order valence-corrected chi connectivity index (χ4v) is 3.95. The Morgan fingerprint density at radius 1 is 1.13 bits per heavy atom. The summed E-state index contributed by atoms with van der Waals surface area (Å²) in [6.07, 6.45) is 3.40. The van der Waals surface area contributed by atoms with Crippen molar-refractivity contribution in [3.8, 4) is 11.3 Å². The molecule has 154 valence electrons. The molecule has 0 aliphatic heterocycles. The van der Waals surface area contributed by atoms with Gasteiger partial charge < -0.3 is 10.6 Å². The number of hydrogen-bond acceptors (Lipinski definition) is 4. The molecule has 3 aromatic rings. The zero-order valence-corrected chi connectivity index (χ0v) is 17.6. The lowest BCUT2D eigenvalue weighted by atomic mass is 10.00. The Bertz CT molecular complexity index is 1100. The standard InChI is InChI=1S/C23H22FN3O2S/c1-13-7-8-30-21(13)12-26-22(28)15-3-6-20(25-11-15)18-9-16(10-19(24)14(18)2)23(29)27-17-4-5-17/h3,6-11,17H,4-5,12H2,1-2H3,(H,26,28)(H,27,29). The van der Waals surface area contributed by atoms with E-state index < -0.39 is 5.82 Å². The number of carbonyl (C=O) groups is 2. The average molecular weight is 424 g/mol. The van der Waals surface area contributed by atoms with Crippen molar-refractivity contribution in [2.24, 2.45) is 0 Å². The summed E-state index contributed by atoms with van der Waals surface area (Å²) in [5, 5.41) is 7.75. The summed E-state index contributed by atoms with van der Waals surface area (Å²) in [7, 11) is 0. The summed E-state index contributed by atoms with van der Waals surface area (Å²) in [5.41, 5.74) is 3.31. The summed E-state index contributed by atoms with van der Waals surface area (Å²) in [6, 6.07) is 8.45. The molecule has 0 saturated heterocycles. The molecule has 4 rings (SSSR count). The lowest BCUT2D eigenvalue weighted by Gasteiger charge is -2.11. The maximum atomic E-state index is 14.4. The van der Waals surface area contributed by atoms with Crippen LogP contribution in [0.5, 0.6) is 0 Å². The van der Waals surface area contributed by atoms with Gasteiger partial charge in [-0.05, 0) is 73.5 Å². The van der Waals surface area contributed by atoms with Gasteiger partial charge in [0.05, 0.1) is 17.8 Å². The molecule has 1 aliphatic carbocycles. The highest BCUT2D eigenvalue weighted by Crippen LogP contribution is 2.27. The second-order valence-corrected chi connectivity index (χ2v) is 8.52. The summed E-state index contributed by atoms with van der Waals surface area (Å²) in [5.74, 6) is -0.955. The predicted molar refractivity (Wildman–Crippen MR) is 115 cm³/mol. The van der Waals surface area contributed by atoms with Gasteiger partial charge in [0.2, 0.25) is 0 Å². The van der Waals surface area contributed by atoms with Gasteiger partial charge in [-0.15, -0.1) is 11.3 Å². The molecule has 0 bridgehead atoms. The van der Waals surface area contributed by atoms with Crippen LogP contribution < -0.4 is 10.6 Å². The molecule has 1 aromatic carbocycles. The molecule has 2 amide bonds. The van der Waals surface area contributed by atoms with Crippen LogP contribution in [0.1, 0.15) is 49.6 Å². The molecule has 1 saturated carbocycles. The maximum Gasteiger partial charge on any atom is 0.253 e. The highest BCUT2D eigenvalue weighted by Gasteiger charge is 2.24. The van der Waals surface area contributed by atoms with Crippen molar-refractivity contribution in [1.82, 2.24) is 15.6 Å². The zero-order chi connectivity index (χ0) is 21.3. The van der Waals surface area contributed by atoms with Crippen LogP contribution in [0, 0.1) is 19.7 Å². The van der Waals surface area contributed by atoms with Gasteiger partial charge in [-0.3, -0.25) is 14.6 Å². The molecule has 0 atom stereocenters. The minimum atomic E-state index is -0.455. The number of aryl methyl sites for hydroxylation is 1. The van der Waals surface area contributed by atoms with Crippen LogP contribution in [0.2, 0.25) is 0 Å². The van der Waals surface area contributed by atoms with E-state index in [1.54, 1.807) is 36.5 Å². The maximum absolute atomic E-state index is 14.4. The molecular formula is C23H22FN3O2S. The molecule has 0 spiro atoms. The van der Waals surface area contributed by atoms with Crippen LogP contribution in [-0.4, -0.2) is 22.8 Å². The van der Waals surface area contributed by atoms with Gasteiger partial charge in [0.15, 0.2) is 0 Å². The minimum Gasteiger partial charge on any atom is -0.349 e. The molecule has 5 nitrogen and oxygen atoms in total. The minimum absolute atomic E-state index is 0.194. The van der Waals surface area contributed by atoms with E-state index in [9.17, 15) is 14.0 Å². The van der Waals surface area contributed by atoms with Gasteiger partial charge in [-0.25, -0.2) is 4.39 Å². The molecule has 2 N–H and O–H groups in total. The van der Waals surface area contributed by atoms with E-state index in [0.29, 0.717) is 28.9 Å². The number of benzene rings is 1. The number of rotatable bonds is 6. The second-order valence-electron chi connectivity index (χ2n) is 7.52. The quantitative estimate of drug-likeness (QED) is 0.618. The van der Waals surface area contributed by atoms with E-state index in [2.05, 4.69) is 15.6 Å². The first kappa shape index (κ1) is 20.2. The van der Waals surface area contributed by atoms with Gasteiger partial charge in [0, 0.05) is 28.2 Å². The Morgan fingerprint density at radius 2 is 1.93 bits per heavy atom. The van der Waals surface area contributed by atoms with Crippen LogP contribution in [-0.2, 0) is 6.54 Å². The van der Waals surface area contributed by atoms with Crippen molar-refractivity contribution in [3.63, 3.8) is 0 Å². The molecular weight excluding hydrogens is 401 g/mol.